The normalized spacial score (nSPS) is 55.9. The Morgan fingerprint density at radius 3 is 2.29 bits per heavy atom. The number of hydrogen-bond acceptors (Lipinski definition) is 4. The molecule has 2 heterocycles. The number of ether oxygens (including phenoxy) is 2. The van der Waals surface area contributed by atoms with Gasteiger partial charge in [-0.3, -0.25) is 4.79 Å². The summed E-state index contributed by atoms with van der Waals surface area (Å²) in [6.07, 6.45) is 8.58. The van der Waals surface area contributed by atoms with Gasteiger partial charge in [0.05, 0.1) is 17.8 Å². The van der Waals surface area contributed by atoms with Crippen LogP contribution in [0.4, 0.5) is 0 Å². The average Bonchev–Trinajstić information content (AvgIpc) is 3.59. The Labute approximate surface area is 206 Å². The van der Waals surface area contributed by atoms with E-state index in [4.69, 9.17) is 9.47 Å². The lowest BCUT2D eigenvalue weighted by Crippen LogP contribution is -2.65. The molecule has 34 heavy (non-hydrogen) atoms. The van der Waals surface area contributed by atoms with Crippen LogP contribution in [0.15, 0.2) is 0 Å². The van der Waals surface area contributed by atoms with E-state index in [0.717, 1.165) is 25.7 Å². The van der Waals surface area contributed by atoms with E-state index in [1.54, 1.807) is 0 Å². The number of hydrogen-bond donors (Lipinski definition) is 1. The van der Waals surface area contributed by atoms with Gasteiger partial charge in [-0.2, -0.15) is 0 Å². The summed E-state index contributed by atoms with van der Waals surface area (Å²) in [6.45, 7) is 18.6. The maximum absolute atomic E-state index is 12.9. The van der Waals surface area contributed by atoms with Gasteiger partial charge in [0.15, 0.2) is 0 Å². The summed E-state index contributed by atoms with van der Waals surface area (Å²) >= 11 is 0. The van der Waals surface area contributed by atoms with E-state index in [2.05, 4.69) is 55.4 Å². The average molecular weight is 473 g/mol. The number of carbonyl (C=O) groups excluding carboxylic acids is 1. The topological polar surface area (TPSA) is 62.4 Å². The number of carbonyl (C=O) groups is 1. The van der Waals surface area contributed by atoms with Crippen molar-refractivity contribution in [2.24, 2.45) is 45.3 Å². The quantitative estimate of drug-likeness (QED) is 0.515. The van der Waals surface area contributed by atoms with Crippen LogP contribution in [-0.4, -0.2) is 40.4 Å². The standard InChI is InChI=1S/C30H48O4/c1-17(15-19(31)24-26(4,5)34-24)18-9-14-29(8)28(18,7)13-10-20-27(6)12-11-22(32)25(2,3)21(27)16-23-30(20,29)33-23/h17-21,23-24,31H,9-16H2,1-8H3/t17?,18-,19+,20?,21-,23?,24-,27+,28-,29-,30?/m0/s1. The van der Waals surface area contributed by atoms with Crippen molar-refractivity contribution in [3.8, 4) is 0 Å². The van der Waals surface area contributed by atoms with Crippen LogP contribution in [0.2, 0.25) is 0 Å². The molecule has 6 aliphatic rings. The van der Waals surface area contributed by atoms with Crippen LogP contribution in [0.3, 0.4) is 0 Å². The Balaban J connectivity index is 1.28. The summed E-state index contributed by atoms with van der Waals surface area (Å²) in [7, 11) is 0. The summed E-state index contributed by atoms with van der Waals surface area (Å²) in [4.78, 5) is 12.9. The molecule has 0 aromatic heterocycles. The number of rotatable bonds is 4. The molecule has 1 N–H and O–H groups in total. The molecule has 0 amide bonds. The first-order valence-electron chi connectivity index (χ1n) is 14.2. The van der Waals surface area contributed by atoms with Crippen LogP contribution in [0, 0.1) is 45.3 Å². The molecule has 4 unspecified atom stereocenters. The van der Waals surface area contributed by atoms with Gasteiger partial charge in [-0.25, -0.2) is 0 Å². The van der Waals surface area contributed by atoms with Crippen LogP contribution in [0.1, 0.15) is 107 Å². The highest BCUT2D eigenvalue weighted by molar-refractivity contribution is 5.85. The molecular weight excluding hydrogens is 424 g/mol. The van der Waals surface area contributed by atoms with Gasteiger partial charge >= 0.3 is 0 Å². The van der Waals surface area contributed by atoms with Gasteiger partial charge in [-0.15, -0.1) is 0 Å². The number of aliphatic hydroxyl groups excluding tert-OH is 1. The van der Waals surface area contributed by atoms with Crippen LogP contribution < -0.4 is 0 Å². The van der Waals surface area contributed by atoms with Crippen LogP contribution in [0.5, 0.6) is 0 Å². The summed E-state index contributed by atoms with van der Waals surface area (Å²) in [5.74, 6) is 2.56. The largest absolute Gasteiger partial charge is 0.390 e. The third-order valence-corrected chi connectivity index (χ3v) is 13.4. The summed E-state index contributed by atoms with van der Waals surface area (Å²) in [6, 6.07) is 0. The molecule has 11 atom stereocenters. The molecule has 6 fully saturated rings. The first-order chi connectivity index (χ1) is 15.7. The number of aliphatic hydroxyl groups is 1. The zero-order chi connectivity index (χ0) is 24.7. The molecule has 0 radical (unpaired) electrons. The second-order valence-electron chi connectivity index (χ2n) is 15.2. The second kappa shape index (κ2) is 6.70. The lowest BCUT2D eigenvalue weighted by molar-refractivity contribution is -0.175. The first-order valence-corrected chi connectivity index (χ1v) is 14.2. The van der Waals surface area contributed by atoms with Crippen molar-refractivity contribution in [1.29, 1.82) is 0 Å². The first kappa shape index (κ1) is 23.9. The molecule has 0 bridgehead atoms. The van der Waals surface area contributed by atoms with Crippen LogP contribution >= 0.6 is 0 Å². The molecule has 4 nitrogen and oxygen atoms in total. The molecule has 0 aromatic carbocycles. The zero-order valence-electron chi connectivity index (χ0n) is 22.9. The van der Waals surface area contributed by atoms with Gasteiger partial charge < -0.3 is 14.6 Å². The molecule has 4 heteroatoms. The highest BCUT2D eigenvalue weighted by Gasteiger charge is 2.83. The number of ketones is 1. The van der Waals surface area contributed by atoms with Crippen LogP contribution in [-0.2, 0) is 14.3 Å². The second-order valence-corrected chi connectivity index (χ2v) is 15.2. The lowest BCUT2D eigenvalue weighted by atomic mass is 9.38. The molecule has 6 rings (SSSR count). The van der Waals surface area contributed by atoms with Gasteiger partial charge in [-0.1, -0.05) is 41.5 Å². The predicted molar refractivity (Wildman–Crippen MR) is 132 cm³/mol. The maximum Gasteiger partial charge on any atom is 0.138 e. The highest BCUT2D eigenvalue weighted by atomic mass is 16.6. The van der Waals surface area contributed by atoms with Gasteiger partial charge in [0, 0.05) is 17.3 Å². The van der Waals surface area contributed by atoms with Crippen molar-refractivity contribution in [1.82, 2.24) is 0 Å². The number of fused-ring (bicyclic) bond motifs is 3. The lowest BCUT2D eigenvalue weighted by Gasteiger charge is -2.65. The van der Waals surface area contributed by atoms with E-state index in [1.807, 2.05) is 0 Å². The Bertz CT molecular complexity index is 909. The monoisotopic (exact) mass is 472 g/mol. The molecule has 192 valence electrons. The minimum atomic E-state index is -0.365. The third kappa shape index (κ3) is 2.64. The summed E-state index contributed by atoms with van der Waals surface area (Å²) < 4.78 is 12.7. The Morgan fingerprint density at radius 2 is 1.65 bits per heavy atom. The fourth-order valence-corrected chi connectivity index (χ4v) is 11.1. The van der Waals surface area contributed by atoms with Crippen molar-refractivity contribution in [3.63, 3.8) is 0 Å². The zero-order valence-corrected chi connectivity index (χ0v) is 22.9. The molecular formula is C30H48O4. The van der Waals surface area contributed by atoms with Gasteiger partial charge in [-0.05, 0) is 93.3 Å². The minimum Gasteiger partial charge on any atom is -0.390 e. The van der Waals surface area contributed by atoms with Crippen LogP contribution in [0.25, 0.3) is 0 Å². The van der Waals surface area contributed by atoms with E-state index in [1.165, 1.54) is 25.7 Å². The summed E-state index contributed by atoms with van der Waals surface area (Å²) in [5, 5.41) is 10.9. The van der Waals surface area contributed by atoms with E-state index in [0.29, 0.717) is 35.6 Å². The molecule has 2 aliphatic heterocycles. The van der Waals surface area contributed by atoms with Crippen molar-refractivity contribution < 1.29 is 19.4 Å². The third-order valence-electron chi connectivity index (χ3n) is 13.4. The Kier molecular flexibility index (Phi) is 4.71. The van der Waals surface area contributed by atoms with E-state index in [-0.39, 0.29) is 45.1 Å². The fourth-order valence-electron chi connectivity index (χ4n) is 11.1. The molecule has 1 spiro atoms. The van der Waals surface area contributed by atoms with Crippen molar-refractivity contribution in [3.05, 3.63) is 0 Å². The van der Waals surface area contributed by atoms with E-state index < -0.39 is 0 Å². The van der Waals surface area contributed by atoms with E-state index >= 15 is 0 Å². The molecule has 4 saturated carbocycles. The SMILES string of the molecule is CC(C[C@@H](O)[C@@H]1OC1(C)C)[C@@H]1CC[C@]2(C)C34OC3C[C@H]3C(C)(C)C(=O)CC[C@]3(C)C4CC[C@@]12C. The minimum absolute atomic E-state index is 0.00357. The van der Waals surface area contributed by atoms with Crippen molar-refractivity contribution in [2.45, 2.75) is 136 Å². The van der Waals surface area contributed by atoms with Crippen molar-refractivity contribution in [2.75, 3.05) is 0 Å². The fraction of sp³-hybridized carbons (Fsp3) is 0.967. The Hall–Kier alpha value is -0.450. The molecule has 2 saturated heterocycles. The number of epoxide rings is 2. The predicted octanol–water partition coefficient (Wildman–Crippen LogP) is 5.94. The van der Waals surface area contributed by atoms with Gasteiger partial charge in [0.1, 0.15) is 17.5 Å². The summed E-state index contributed by atoms with van der Waals surface area (Å²) in [5.41, 5.74) is 0.212. The van der Waals surface area contributed by atoms with Gasteiger partial charge in [0.25, 0.3) is 0 Å². The van der Waals surface area contributed by atoms with Crippen molar-refractivity contribution >= 4 is 5.78 Å². The van der Waals surface area contributed by atoms with E-state index in [9.17, 15) is 9.90 Å². The number of Topliss-reactive ketones (excluding diaryl/α,β-unsaturated/α-hetero) is 1. The molecule has 4 aliphatic carbocycles. The highest BCUT2D eigenvalue weighted by Crippen LogP contribution is 2.81. The Morgan fingerprint density at radius 1 is 0.971 bits per heavy atom. The molecule has 0 aromatic rings. The van der Waals surface area contributed by atoms with Gasteiger partial charge in [0.2, 0.25) is 0 Å². The maximum atomic E-state index is 12.9. The smallest absolute Gasteiger partial charge is 0.138 e.